The molecule has 2 N–H and O–H groups in total. The van der Waals surface area contributed by atoms with E-state index in [1.54, 1.807) is 28.9 Å². The maximum Gasteiger partial charge on any atom is 0.274 e. The Labute approximate surface area is 118 Å². The highest BCUT2D eigenvalue weighted by atomic mass is 16.2. The molecule has 1 saturated heterocycles. The molecule has 0 aromatic carbocycles. The first kappa shape index (κ1) is 14.5. The van der Waals surface area contributed by atoms with E-state index in [0.717, 1.165) is 0 Å². The van der Waals surface area contributed by atoms with Crippen LogP contribution >= 0.6 is 0 Å². The molecule has 2 amide bonds. The standard InChI is InChI=1S/C13H21N5O2/c1-9(2)18-7-6-17(8-11(18)12(14)19)13(20)10-4-5-16(3)15-10/h4-5,9,11H,6-8H2,1-3H3,(H2,14,19)/t11-/m1/s1. The smallest absolute Gasteiger partial charge is 0.274 e. The molecule has 1 atom stereocenters. The molecule has 1 fully saturated rings. The maximum absolute atomic E-state index is 12.3. The Morgan fingerprint density at radius 3 is 2.60 bits per heavy atom. The first-order valence-corrected chi connectivity index (χ1v) is 6.74. The molecule has 1 aromatic heterocycles. The number of primary amides is 1. The first-order chi connectivity index (χ1) is 9.40. The van der Waals surface area contributed by atoms with Gasteiger partial charge in [-0.3, -0.25) is 19.2 Å². The molecular weight excluding hydrogens is 258 g/mol. The van der Waals surface area contributed by atoms with Gasteiger partial charge in [0.25, 0.3) is 5.91 Å². The van der Waals surface area contributed by atoms with Gasteiger partial charge in [-0.05, 0) is 19.9 Å². The van der Waals surface area contributed by atoms with Crippen molar-refractivity contribution in [1.82, 2.24) is 19.6 Å². The van der Waals surface area contributed by atoms with Crippen LogP contribution in [-0.4, -0.2) is 63.1 Å². The van der Waals surface area contributed by atoms with Crippen LogP contribution in [0.5, 0.6) is 0 Å². The quantitative estimate of drug-likeness (QED) is 0.804. The number of carbonyl (C=O) groups excluding carboxylic acids is 2. The van der Waals surface area contributed by atoms with Crippen LogP contribution in [0.1, 0.15) is 24.3 Å². The fourth-order valence-electron chi connectivity index (χ4n) is 2.54. The summed E-state index contributed by atoms with van der Waals surface area (Å²) in [6.45, 7) is 5.59. The van der Waals surface area contributed by atoms with E-state index >= 15 is 0 Å². The molecule has 0 spiro atoms. The molecule has 2 rings (SSSR count). The summed E-state index contributed by atoms with van der Waals surface area (Å²) in [7, 11) is 1.76. The number of nitrogens with two attached hydrogens (primary N) is 1. The van der Waals surface area contributed by atoms with Crippen LogP contribution in [-0.2, 0) is 11.8 Å². The number of piperazine rings is 1. The molecule has 1 aliphatic rings. The number of carbonyl (C=O) groups is 2. The van der Waals surface area contributed by atoms with Crippen molar-refractivity contribution in [1.29, 1.82) is 0 Å². The van der Waals surface area contributed by atoms with Crippen molar-refractivity contribution in [2.45, 2.75) is 25.9 Å². The molecule has 7 heteroatoms. The summed E-state index contributed by atoms with van der Waals surface area (Å²) in [4.78, 5) is 27.6. The fraction of sp³-hybridized carbons (Fsp3) is 0.615. The van der Waals surface area contributed by atoms with E-state index in [0.29, 0.717) is 25.3 Å². The maximum atomic E-state index is 12.3. The van der Waals surface area contributed by atoms with Gasteiger partial charge in [-0.2, -0.15) is 5.10 Å². The Morgan fingerprint density at radius 2 is 2.10 bits per heavy atom. The van der Waals surface area contributed by atoms with Crippen LogP contribution in [0.4, 0.5) is 0 Å². The Bertz CT molecular complexity index is 511. The molecule has 0 saturated carbocycles. The third-order valence-electron chi connectivity index (χ3n) is 3.63. The third-order valence-corrected chi connectivity index (χ3v) is 3.63. The Balaban J connectivity index is 2.12. The lowest BCUT2D eigenvalue weighted by Gasteiger charge is -2.41. The zero-order chi connectivity index (χ0) is 14.9. The lowest BCUT2D eigenvalue weighted by Crippen LogP contribution is -2.61. The van der Waals surface area contributed by atoms with E-state index in [1.165, 1.54) is 0 Å². The number of hydrogen-bond donors (Lipinski definition) is 1. The van der Waals surface area contributed by atoms with Gasteiger partial charge in [-0.25, -0.2) is 0 Å². The predicted molar refractivity (Wildman–Crippen MR) is 73.9 cm³/mol. The summed E-state index contributed by atoms with van der Waals surface area (Å²) in [6, 6.07) is 1.46. The second-order valence-corrected chi connectivity index (χ2v) is 5.38. The second kappa shape index (κ2) is 5.62. The van der Waals surface area contributed by atoms with Gasteiger partial charge in [-0.15, -0.1) is 0 Å². The molecule has 0 radical (unpaired) electrons. The number of hydrogen-bond acceptors (Lipinski definition) is 4. The van der Waals surface area contributed by atoms with E-state index < -0.39 is 11.9 Å². The van der Waals surface area contributed by atoms with Crippen molar-refractivity contribution in [3.05, 3.63) is 18.0 Å². The highest BCUT2D eigenvalue weighted by Gasteiger charge is 2.34. The van der Waals surface area contributed by atoms with E-state index in [1.807, 2.05) is 18.7 Å². The molecule has 0 aliphatic carbocycles. The van der Waals surface area contributed by atoms with Crippen LogP contribution in [0.25, 0.3) is 0 Å². The molecule has 0 unspecified atom stereocenters. The van der Waals surface area contributed by atoms with Crippen molar-refractivity contribution in [3.63, 3.8) is 0 Å². The summed E-state index contributed by atoms with van der Waals surface area (Å²) in [5.74, 6) is -0.544. The largest absolute Gasteiger partial charge is 0.368 e. The van der Waals surface area contributed by atoms with Crippen molar-refractivity contribution in [3.8, 4) is 0 Å². The predicted octanol–water partition coefficient (Wildman–Crippen LogP) is -0.560. The van der Waals surface area contributed by atoms with Crippen LogP contribution in [0, 0.1) is 0 Å². The highest BCUT2D eigenvalue weighted by Crippen LogP contribution is 2.15. The SMILES string of the molecule is CC(C)N1CCN(C(=O)c2ccn(C)n2)C[C@@H]1C(N)=O. The van der Waals surface area contributed by atoms with E-state index in [9.17, 15) is 9.59 Å². The minimum absolute atomic E-state index is 0.153. The average molecular weight is 279 g/mol. The topological polar surface area (TPSA) is 84.5 Å². The molecule has 0 bridgehead atoms. The van der Waals surface area contributed by atoms with Crippen molar-refractivity contribution < 1.29 is 9.59 Å². The summed E-state index contributed by atoms with van der Waals surface area (Å²) in [6.07, 6.45) is 1.73. The average Bonchev–Trinajstić information content (AvgIpc) is 2.83. The summed E-state index contributed by atoms with van der Waals surface area (Å²) < 4.78 is 1.59. The monoisotopic (exact) mass is 279 g/mol. The number of amides is 2. The zero-order valence-corrected chi connectivity index (χ0v) is 12.1. The van der Waals surface area contributed by atoms with Gasteiger partial charge in [0.1, 0.15) is 11.7 Å². The van der Waals surface area contributed by atoms with Crippen molar-refractivity contribution >= 4 is 11.8 Å². The normalized spacial score (nSPS) is 20.4. The molecule has 1 aromatic rings. The number of aryl methyl sites for hydroxylation is 1. The molecule has 2 heterocycles. The van der Waals surface area contributed by atoms with Gasteiger partial charge in [0.15, 0.2) is 0 Å². The summed E-state index contributed by atoms with van der Waals surface area (Å²) >= 11 is 0. The summed E-state index contributed by atoms with van der Waals surface area (Å²) in [5.41, 5.74) is 5.86. The molecule has 7 nitrogen and oxygen atoms in total. The number of aromatic nitrogens is 2. The van der Waals surface area contributed by atoms with Crippen molar-refractivity contribution in [2.24, 2.45) is 12.8 Å². The van der Waals surface area contributed by atoms with E-state index in [-0.39, 0.29) is 11.9 Å². The van der Waals surface area contributed by atoms with Crippen molar-refractivity contribution in [2.75, 3.05) is 19.6 Å². The Kier molecular flexibility index (Phi) is 4.08. The van der Waals surface area contributed by atoms with Crippen LogP contribution in [0.15, 0.2) is 12.3 Å². The van der Waals surface area contributed by atoms with Gasteiger partial charge in [-0.1, -0.05) is 0 Å². The molecule has 110 valence electrons. The van der Waals surface area contributed by atoms with Crippen LogP contribution in [0.2, 0.25) is 0 Å². The number of nitrogens with zero attached hydrogens (tertiary/aromatic N) is 4. The minimum atomic E-state index is -0.434. The molecule has 1 aliphatic heterocycles. The third kappa shape index (κ3) is 2.82. The van der Waals surface area contributed by atoms with Gasteiger partial charge >= 0.3 is 0 Å². The molecular formula is C13H21N5O2. The minimum Gasteiger partial charge on any atom is -0.368 e. The van der Waals surface area contributed by atoms with Crippen LogP contribution < -0.4 is 5.73 Å². The van der Waals surface area contributed by atoms with Gasteiger partial charge in [0.2, 0.25) is 5.91 Å². The van der Waals surface area contributed by atoms with Gasteiger partial charge in [0, 0.05) is 38.9 Å². The second-order valence-electron chi connectivity index (χ2n) is 5.38. The first-order valence-electron chi connectivity index (χ1n) is 6.74. The summed E-state index contributed by atoms with van der Waals surface area (Å²) in [5, 5.41) is 4.11. The molecule has 20 heavy (non-hydrogen) atoms. The Hall–Kier alpha value is -1.89. The lowest BCUT2D eigenvalue weighted by atomic mass is 10.1. The van der Waals surface area contributed by atoms with Gasteiger partial charge in [0.05, 0.1) is 0 Å². The fourth-order valence-corrected chi connectivity index (χ4v) is 2.54. The van der Waals surface area contributed by atoms with E-state index in [2.05, 4.69) is 5.10 Å². The lowest BCUT2D eigenvalue weighted by molar-refractivity contribution is -0.126. The van der Waals surface area contributed by atoms with Gasteiger partial charge < -0.3 is 10.6 Å². The van der Waals surface area contributed by atoms with E-state index in [4.69, 9.17) is 5.73 Å². The highest BCUT2D eigenvalue weighted by molar-refractivity contribution is 5.93. The Morgan fingerprint density at radius 1 is 1.40 bits per heavy atom. The number of rotatable bonds is 3. The van der Waals surface area contributed by atoms with Crippen LogP contribution in [0.3, 0.4) is 0 Å². The zero-order valence-electron chi connectivity index (χ0n) is 12.1.